The lowest BCUT2D eigenvalue weighted by Gasteiger charge is -2.22. The Morgan fingerprint density at radius 2 is 1.96 bits per heavy atom. The molecule has 0 spiro atoms. The van der Waals surface area contributed by atoms with Gasteiger partial charge in [-0.1, -0.05) is 30.6 Å². The smallest absolute Gasteiger partial charge is 0.184 e. The molecule has 5 nitrogen and oxygen atoms in total. The molecule has 5 rings (SSSR count). The highest BCUT2D eigenvalue weighted by Crippen LogP contribution is 2.34. The van der Waals surface area contributed by atoms with Crippen molar-refractivity contribution in [1.29, 1.82) is 0 Å². The van der Waals surface area contributed by atoms with Crippen LogP contribution >= 0.6 is 23.1 Å². The van der Waals surface area contributed by atoms with Crippen molar-refractivity contribution in [1.82, 2.24) is 9.97 Å². The molecule has 1 N–H and O–H groups in total. The van der Waals surface area contributed by atoms with Crippen LogP contribution in [0.2, 0.25) is 0 Å². The van der Waals surface area contributed by atoms with Gasteiger partial charge in [0.1, 0.15) is 11.5 Å². The first-order chi connectivity index (χ1) is 13.8. The maximum Gasteiger partial charge on any atom is 0.184 e. The fourth-order valence-electron chi connectivity index (χ4n) is 3.74. The molecule has 144 valence electrons. The Balaban J connectivity index is 1.32. The summed E-state index contributed by atoms with van der Waals surface area (Å²) >= 11 is 3.43. The summed E-state index contributed by atoms with van der Waals surface area (Å²) in [6, 6.07) is 8.85. The molecule has 1 aliphatic heterocycles. The predicted molar refractivity (Wildman–Crippen MR) is 118 cm³/mol. The second-order valence-corrected chi connectivity index (χ2v) is 9.20. The first-order valence-electron chi connectivity index (χ1n) is 9.77. The molecule has 1 atom stereocenters. The third kappa shape index (κ3) is 4.00. The number of pyridine rings is 1. The van der Waals surface area contributed by atoms with Gasteiger partial charge in [0.25, 0.3) is 0 Å². The molecular weight excluding hydrogens is 388 g/mol. The van der Waals surface area contributed by atoms with E-state index in [-0.39, 0.29) is 6.04 Å². The maximum atomic E-state index is 6.08. The molecule has 1 unspecified atom stereocenters. The van der Waals surface area contributed by atoms with E-state index in [9.17, 15) is 0 Å². The first kappa shape index (κ1) is 17.9. The number of benzene rings is 1. The van der Waals surface area contributed by atoms with Gasteiger partial charge in [0.2, 0.25) is 0 Å². The molecule has 0 bridgehead atoms. The molecule has 2 aromatic heterocycles. The van der Waals surface area contributed by atoms with Gasteiger partial charge < -0.3 is 10.1 Å². The van der Waals surface area contributed by atoms with Crippen LogP contribution in [0.3, 0.4) is 0 Å². The molecular formula is C21H22N4OS2. The van der Waals surface area contributed by atoms with Gasteiger partial charge in [0.05, 0.1) is 28.0 Å². The molecule has 0 radical (unpaired) electrons. The van der Waals surface area contributed by atoms with Gasteiger partial charge in [-0.15, -0.1) is 11.8 Å². The van der Waals surface area contributed by atoms with E-state index < -0.39 is 0 Å². The highest BCUT2D eigenvalue weighted by molar-refractivity contribution is 8.12. The van der Waals surface area contributed by atoms with E-state index in [0.717, 1.165) is 38.2 Å². The van der Waals surface area contributed by atoms with Gasteiger partial charge in [-0.2, -0.15) is 0 Å². The minimum Gasteiger partial charge on any atom is -0.456 e. The number of thiazole rings is 1. The number of nitrogens with one attached hydrogen (secondary N) is 1. The van der Waals surface area contributed by atoms with Crippen molar-refractivity contribution in [3.63, 3.8) is 0 Å². The summed E-state index contributed by atoms with van der Waals surface area (Å²) in [6.07, 6.45) is 10.1. The van der Waals surface area contributed by atoms with Gasteiger partial charge >= 0.3 is 0 Å². The minimum atomic E-state index is 0.179. The number of anilines is 1. The zero-order valence-electron chi connectivity index (χ0n) is 15.5. The van der Waals surface area contributed by atoms with E-state index in [1.165, 1.54) is 32.1 Å². The lowest BCUT2D eigenvalue weighted by atomic mass is 9.96. The van der Waals surface area contributed by atoms with E-state index in [0.29, 0.717) is 6.04 Å². The third-order valence-electron chi connectivity index (χ3n) is 5.22. The van der Waals surface area contributed by atoms with Crippen molar-refractivity contribution in [2.24, 2.45) is 4.99 Å². The summed E-state index contributed by atoms with van der Waals surface area (Å²) < 4.78 is 7.22. The Kier molecular flexibility index (Phi) is 5.18. The topological polar surface area (TPSA) is 59.4 Å². The number of hydrogen-bond donors (Lipinski definition) is 1. The summed E-state index contributed by atoms with van der Waals surface area (Å²) in [5, 5.41) is 4.63. The van der Waals surface area contributed by atoms with E-state index in [4.69, 9.17) is 9.72 Å². The molecule has 0 amide bonds. The molecule has 1 aliphatic carbocycles. The summed E-state index contributed by atoms with van der Waals surface area (Å²) in [4.78, 5) is 13.5. The minimum absolute atomic E-state index is 0.179. The fraction of sp³-hybridized carbons (Fsp3) is 0.381. The summed E-state index contributed by atoms with van der Waals surface area (Å²) in [5.74, 6) is 2.52. The predicted octanol–water partition coefficient (Wildman–Crippen LogP) is 6.04. The van der Waals surface area contributed by atoms with Crippen LogP contribution in [0.1, 0.15) is 43.7 Å². The number of hydrogen-bond acceptors (Lipinski definition) is 7. The Morgan fingerprint density at radius 3 is 2.82 bits per heavy atom. The van der Waals surface area contributed by atoms with E-state index in [1.807, 2.05) is 29.9 Å². The average Bonchev–Trinajstić information content (AvgIpc) is 3.38. The van der Waals surface area contributed by atoms with Crippen LogP contribution in [-0.2, 0) is 0 Å². The number of ether oxygens (including phenoxy) is 1. The Hall–Kier alpha value is -2.12. The summed E-state index contributed by atoms with van der Waals surface area (Å²) in [5.41, 5.74) is 4.02. The van der Waals surface area contributed by atoms with Crippen molar-refractivity contribution < 1.29 is 4.74 Å². The van der Waals surface area contributed by atoms with Crippen LogP contribution in [0, 0.1) is 0 Å². The van der Waals surface area contributed by atoms with Gasteiger partial charge in [0.15, 0.2) is 5.13 Å². The average molecular weight is 411 g/mol. The van der Waals surface area contributed by atoms with Crippen molar-refractivity contribution in [3.8, 4) is 11.5 Å². The second kappa shape index (κ2) is 8.09. The molecule has 1 aromatic carbocycles. The molecule has 3 aromatic rings. The van der Waals surface area contributed by atoms with Crippen LogP contribution in [0.25, 0.3) is 10.2 Å². The second-order valence-electron chi connectivity index (χ2n) is 7.29. The third-order valence-corrected chi connectivity index (χ3v) is 6.95. The van der Waals surface area contributed by atoms with Crippen molar-refractivity contribution in [2.75, 3.05) is 11.1 Å². The number of aliphatic imine (C=N–C) groups is 1. The summed E-state index contributed by atoms with van der Waals surface area (Å²) in [6.45, 7) is 0. The largest absolute Gasteiger partial charge is 0.456 e. The normalized spacial score (nSPS) is 19.9. The fourth-order valence-corrected chi connectivity index (χ4v) is 5.49. The van der Waals surface area contributed by atoms with Gasteiger partial charge in [-0.05, 0) is 36.6 Å². The van der Waals surface area contributed by atoms with Gasteiger partial charge in [-0.25, -0.2) is 4.98 Å². The number of rotatable bonds is 5. The van der Waals surface area contributed by atoms with Crippen LogP contribution in [0.5, 0.6) is 11.5 Å². The quantitative estimate of drug-likeness (QED) is 0.555. The standard InChI is InChI=1S/C21H22N4OS2/c1-2-4-15(5-3-1)24-21-25-18-7-6-16(9-20(18)28-21)26-17-8-14(10-22-11-17)19-12-27-13-23-19/h6-11,13,15,19H,1-5,12H2,(H,24,25). The van der Waals surface area contributed by atoms with Gasteiger partial charge in [0, 0.05) is 24.1 Å². The van der Waals surface area contributed by atoms with Crippen molar-refractivity contribution in [2.45, 2.75) is 44.2 Å². The zero-order chi connectivity index (χ0) is 18.8. The van der Waals surface area contributed by atoms with E-state index in [1.54, 1.807) is 29.3 Å². The molecule has 28 heavy (non-hydrogen) atoms. The molecule has 7 heteroatoms. The Bertz CT molecular complexity index is 997. The van der Waals surface area contributed by atoms with Crippen molar-refractivity contribution >= 4 is 44.0 Å². The zero-order valence-corrected chi connectivity index (χ0v) is 17.1. The number of thioether (sulfide) groups is 1. The van der Waals surface area contributed by atoms with Crippen LogP contribution in [0.4, 0.5) is 5.13 Å². The SMILES string of the molecule is C1=NC(c2cncc(Oc3ccc4nc(NC5CCCCC5)sc4c3)c2)CS1. The molecule has 2 aliphatic rings. The highest BCUT2D eigenvalue weighted by atomic mass is 32.2. The Labute approximate surface area is 172 Å². The lowest BCUT2D eigenvalue weighted by molar-refractivity contribution is 0.462. The van der Waals surface area contributed by atoms with Crippen LogP contribution in [-0.4, -0.2) is 27.3 Å². The first-order valence-corrected chi connectivity index (χ1v) is 11.6. The van der Waals surface area contributed by atoms with E-state index >= 15 is 0 Å². The highest BCUT2D eigenvalue weighted by Gasteiger charge is 2.16. The monoisotopic (exact) mass is 410 g/mol. The Morgan fingerprint density at radius 1 is 1.04 bits per heavy atom. The van der Waals surface area contributed by atoms with Gasteiger partial charge in [-0.3, -0.25) is 9.98 Å². The summed E-state index contributed by atoms with van der Waals surface area (Å²) in [7, 11) is 0. The lowest BCUT2D eigenvalue weighted by Crippen LogP contribution is -2.21. The maximum absolute atomic E-state index is 6.08. The number of fused-ring (bicyclic) bond motifs is 1. The molecule has 1 fully saturated rings. The molecule has 0 saturated heterocycles. The molecule has 3 heterocycles. The molecule has 1 saturated carbocycles. The van der Waals surface area contributed by atoms with Crippen LogP contribution < -0.4 is 10.1 Å². The van der Waals surface area contributed by atoms with E-state index in [2.05, 4.69) is 21.4 Å². The number of nitrogens with zero attached hydrogens (tertiary/aromatic N) is 3. The van der Waals surface area contributed by atoms with Crippen LogP contribution in [0.15, 0.2) is 41.7 Å². The van der Waals surface area contributed by atoms with Crippen molar-refractivity contribution in [3.05, 3.63) is 42.2 Å². The number of aromatic nitrogens is 2.